The van der Waals surface area contributed by atoms with E-state index in [-0.39, 0.29) is 0 Å². The Hall–Kier alpha value is -1.85. The van der Waals surface area contributed by atoms with E-state index in [0.29, 0.717) is 0 Å². The maximum absolute atomic E-state index is 5.87. The second-order valence-electron chi connectivity index (χ2n) is 4.90. The van der Waals surface area contributed by atoms with Crippen molar-refractivity contribution >= 4 is 0 Å². The van der Waals surface area contributed by atoms with Crippen LogP contribution in [0.2, 0.25) is 0 Å². The molecule has 5 nitrogen and oxygen atoms in total. The molecule has 0 spiro atoms. The van der Waals surface area contributed by atoms with Gasteiger partial charge >= 0.3 is 0 Å². The van der Waals surface area contributed by atoms with Crippen LogP contribution in [0.3, 0.4) is 0 Å². The molecule has 2 aromatic rings. The summed E-state index contributed by atoms with van der Waals surface area (Å²) in [7, 11) is 1.71. The monoisotopic (exact) mass is 289 g/mol. The zero-order valence-corrected chi connectivity index (χ0v) is 12.9. The maximum Gasteiger partial charge on any atom is 0.165 e. The zero-order valence-electron chi connectivity index (χ0n) is 12.9. The van der Waals surface area contributed by atoms with Crippen molar-refractivity contribution in [1.29, 1.82) is 0 Å². The van der Waals surface area contributed by atoms with Gasteiger partial charge in [-0.15, -0.1) is 0 Å². The van der Waals surface area contributed by atoms with Crippen LogP contribution >= 0.6 is 0 Å². The van der Waals surface area contributed by atoms with Gasteiger partial charge < -0.3 is 14.8 Å². The summed E-state index contributed by atoms with van der Waals surface area (Å²) in [6.07, 6.45) is 3.64. The average Bonchev–Trinajstić information content (AvgIpc) is 2.94. The molecule has 0 saturated carbocycles. The first-order valence-corrected chi connectivity index (χ1v) is 7.22. The Kier molecular flexibility index (Phi) is 5.78. The molecule has 1 aromatic carbocycles. The highest BCUT2D eigenvalue weighted by Gasteiger charge is 2.05. The molecule has 2 rings (SSSR count). The second kappa shape index (κ2) is 7.81. The van der Waals surface area contributed by atoms with Gasteiger partial charge in [-0.05, 0) is 31.0 Å². The number of hydrogen-bond acceptors (Lipinski definition) is 4. The maximum atomic E-state index is 5.87. The third-order valence-corrected chi connectivity index (χ3v) is 3.21. The molecule has 0 bridgehead atoms. The van der Waals surface area contributed by atoms with E-state index in [9.17, 15) is 0 Å². The van der Waals surface area contributed by atoms with Crippen molar-refractivity contribution in [3.63, 3.8) is 0 Å². The largest absolute Gasteiger partial charge is 0.454 e. The second-order valence-corrected chi connectivity index (χ2v) is 4.90. The van der Waals surface area contributed by atoms with Crippen molar-refractivity contribution in [2.45, 2.75) is 26.9 Å². The molecule has 1 N–H and O–H groups in total. The number of nitrogens with one attached hydrogen (secondary N) is 1. The van der Waals surface area contributed by atoms with Crippen molar-refractivity contribution in [3.05, 3.63) is 41.7 Å². The van der Waals surface area contributed by atoms with Gasteiger partial charge in [0.15, 0.2) is 5.75 Å². The fourth-order valence-corrected chi connectivity index (χ4v) is 2.04. The molecule has 0 aliphatic carbocycles. The normalized spacial score (nSPS) is 10.8. The first kappa shape index (κ1) is 15.5. The SMILES string of the molecule is CCn1cc(Oc2ccc(CNCCOC)cc2C)cn1. The summed E-state index contributed by atoms with van der Waals surface area (Å²) >= 11 is 0. The molecule has 0 aliphatic heterocycles. The van der Waals surface area contributed by atoms with Crippen LogP contribution in [-0.2, 0) is 17.8 Å². The number of ether oxygens (including phenoxy) is 2. The smallest absolute Gasteiger partial charge is 0.165 e. The lowest BCUT2D eigenvalue weighted by Gasteiger charge is -2.09. The minimum absolute atomic E-state index is 0.724. The van der Waals surface area contributed by atoms with E-state index < -0.39 is 0 Å². The summed E-state index contributed by atoms with van der Waals surface area (Å²) in [6.45, 7) is 7.35. The molecule has 0 atom stereocenters. The van der Waals surface area contributed by atoms with E-state index in [1.165, 1.54) is 5.56 Å². The Bertz CT molecular complexity index is 566. The van der Waals surface area contributed by atoms with E-state index in [1.807, 2.05) is 23.9 Å². The van der Waals surface area contributed by atoms with Crippen LogP contribution < -0.4 is 10.1 Å². The number of aromatic nitrogens is 2. The van der Waals surface area contributed by atoms with Crippen molar-refractivity contribution in [2.24, 2.45) is 0 Å². The summed E-state index contributed by atoms with van der Waals surface area (Å²) in [4.78, 5) is 0. The third kappa shape index (κ3) is 4.58. The Morgan fingerprint density at radius 3 is 2.86 bits per heavy atom. The van der Waals surface area contributed by atoms with E-state index >= 15 is 0 Å². The number of nitrogens with zero attached hydrogens (tertiary/aromatic N) is 2. The molecule has 1 heterocycles. The molecule has 114 valence electrons. The fraction of sp³-hybridized carbons (Fsp3) is 0.438. The topological polar surface area (TPSA) is 48.3 Å². The summed E-state index contributed by atoms with van der Waals surface area (Å²) in [6, 6.07) is 6.22. The summed E-state index contributed by atoms with van der Waals surface area (Å²) in [5, 5.41) is 7.54. The molecule has 5 heteroatoms. The number of aryl methyl sites for hydroxylation is 2. The molecule has 21 heavy (non-hydrogen) atoms. The highest BCUT2D eigenvalue weighted by Crippen LogP contribution is 2.25. The lowest BCUT2D eigenvalue weighted by Crippen LogP contribution is -2.18. The Labute approximate surface area is 125 Å². The van der Waals surface area contributed by atoms with Crippen LogP contribution in [0.4, 0.5) is 0 Å². The van der Waals surface area contributed by atoms with Gasteiger partial charge in [0.05, 0.1) is 19.0 Å². The molecule has 0 aliphatic rings. The third-order valence-electron chi connectivity index (χ3n) is 3.21. The van der Waals surface area contributed by atoms with E-state index in [1.54, 1.807) is 13.3 Å². The standard InChI is InChI=1S/C16H23N3O2/c1-4-19-12-15(11-18-19)21-16-6-5-14(9-13(16)2)10-17-7-8-20-3/h5-6,9,11-12,17H,4,7-8,10H2,1-3H3. The molecule has 0 unspecified atom stereocenters. The van der Waals surface area contributed by atoms with Gasteiger partial charge in [0.25, 0.3) is 0 Å². The summed E-state index contributed by atoms with van der Waals surface area (Å²) < 4.78 is 12.7. The number of rotatable bonds is 8. The van der Waals surface area contributed by atoms with Crippen LogP contribution in [0.15, 0.2) is 30.6 Å². The van der Waals surface area contributed by atoms with Gasteiger partial charge in [-0.3, -0.25) is 4.68 Å². The van der Waals surface area contributed by atoms with Gasteiger partial charge in [-0.2, -0.15) is 5.10 Å². The summed E-state index contributed by atoms with van der Waals surface area (Å²) in [5.41, 5.74) is 2.35. The van der Waals surface area contributed by atoms with E-state index in [2.05, 4.69) is 29.5 Å². The van der Waals surface area contributed by atoms with Gasteiger partial charge in [-0.1, -0.05) is 12.1 Å². The van der Waals surface area contributed by atoms with Crippen molar-refractivity contribution in [2.75, 3.05) is 20.3 Å². The summed E-state index contributed by atoms with van der Waals surface area (Å²) in [5.74, 6) is 1.64. The Morgan fingerprint density at radius 2 is 2.19 bits per heavy atom. The molecule has 0 amide bonds. The Morgan fingerprint density at radius 1 is 1.33 bits per heavy atom. The highest BCUT2D eigenvalue weighted by atomic mass is 16.5. The fourth-order valence-electron chi connectivity index (χ4n) is 2.04. The number of methoxy groups -OCH3 is 1. The predicted molar refractivity (Wildman–Crippen MR) is 82.7 cm³/mol. The molecule has 1 aromatic heterocycles. The van der Waals surface area contributed by atoms with Crippen molar-refractivity contribution < 1.29 is 9.47 Å². The first-order valence-electron chi connectivity index (χ1n) is 7.22. The van der Waals surface area contributed by atoms with Crippen LogP contribution in [0.1, 0.15) is 18.1 Å². The first-order chi connectivity index (χ1) is 10.2. The van der Waals surface area contributed by atoms with Gasteiger partial charge in [0.2, 0.25) is 0 Å². The molecule has 0 fully saturated rings. The van der Waals surface area contributed by atoms with Crippen molar-refractivity contribution in [3.8, 4) is 11.5 Å². The van der Waals surface area contributed by atoms with Gasteiger partial charge in [-0.25, -0.2) is 0 Å². The Balaban J connectivity index is 1.95. The van der Waals surface area contributed by atoms with E-state index in [0.717, 1.165) is 43.3 Å². The average molecular weight is 289 g/mol. The zero-order chi connectivity index (χ0) is 15.1. The highest BCUT2D eigenvalue weighted by molar-refractivity contribution is 5.38. The van der Waals surface area contributed by atoms with Crippen molar-refractivity contribution in [1.82, 2.24) is 15.1 Å². The van der Waals surface area contributed by atoms with Crippen LogP contribution in [-0.4, -0.2) is 30.0 Å². The molecular weight excluding hydrogens is 266 g/mol. The van der Waals surface area contributed by atoms with Crippen LogP contribution in [0.25, 0.3) is 0 Å². The van der Waals surface area contributed by atoms with Gasteiger partial charge in [0.1, 0.15) is 5.75 Å². The van der Waals surface area contributed by atoms with Gasteiger partial charge in [0, 0.05) is 26.7 Å². The minimum atomic E-state index is 0.724. The number of hydrogen-bond donors (Lipinski definition) is 1. The lowest BCUT2D eigenvalue weighted by atomic mass is 10.1. The minimum Gasteiger partial charge on any atom is -0.454 e. The predicted octanol–water partition coefficient (Wildman–Crippen LogP) is 2.74. The lowest BCUT2D eigenvalue weighted by molar-refractivity contribution is 0.199. The molecule has 0 saturated heterocycles. The van der Waals surface area contributed by atoms with E-state index in [4.69, 9.17) is 9.47 Å². The quantitative estimate of drug-likeness (QED) is 0.759. The molecule has 0 radical (unpaired) electrons. The number of benzene rings is 1. The van der Waals surface area contributed by atoms with Crippen LogP contribution in [0, 0.1) is 6.92 Å². The molecular formula is C16H23N3O2. The van der Waals surface area contributed by atoms with Crippen LogP contribution in [0.5, 0.6) is 11.5 Å².